The normalized spacial score (nSPS) is 12.8. The highest BCUT2D eigenvalue weighted by Gasteiger charge is 2.42. The lowest BCUT2D eigenvalue weighted by molar-refractivity contribution is -0.150. The summed E-state index contributed by atoms with van der Waals surface area (Å²) in [5.74, 6) is 0. The lowest BCUT2D eigenvalue weighted by atomic mass is 10.0. The highest BCUT2D eigenvalue weighted by atomic mass is 19.4. The molecule has 0 spiro atoms. The average Bonchev–Trinajstić information content (AvgIpc) is 2.31. The molecule has 0 amide bonds. The van der Waals surface area contributed by atoms with Crippen molar-refractivity contribution in [3.63, 3.8) is 0 Å². The van der Waals surface area contributed by atoms with E-state index in [4.69, 9.17) is 0 Å². The van der Waals surface area contributed by atoms with Crippen molar-refractivity contribution in [1.82, 2.24) is 4.98 Å². The topological polar surface area (TPSA) is 12.9 Å². The summed E-state index contributed by atoms with van der Waals surface area (Å²) in [6, 6.07) is -0.205. The van der Waals surface area contributed by atoms with Crippen LogP contribution < -0.4 is 0 Å². The Hall–Kier alpha value is -1.96. The summed E-state index contributed by atoms with van der Waals surface area (Å²) in [5.41, 5.74) is -5.62. The van der Waals surface area contributed by atoms with Gasteiger partial charge in [-0.3, -0.25) is 0 Å². The number of nitrogens with zero attached hydrogens (tertiary/aromatic N) is 1. The number of rotatable bonds is 1. The highest BCUT2D eigenvalue weighted by molar-refractivity contribution is 5.69. The van der Waals surface area contributed by atoms with Gasteiger partial charge in [0, 0.05) is 0 Å². The van der Waals surface area contributed by atoms with Crippen LogP contribution in [0, 0.1) is 0 Å². The van der Waals surface area contributed by atoms with E-state index in [1.807, 2.05) is 0 Å². The minimum atomic E-state index is -5.33. The predicted molar refractivity (Wildman–Crippen MR) is 57.5 cm³/mol. The fourth-order valence-corrected chi connectivity index (χ4v) is 1.44. The molecule has 0 aliphatic rings. The molecular weight excluding hydrogens is 329 g/mol. The maximum Gasteiger partial charge on any atom is 0.433 e. The van der Waals surface area contributed by atoms with E-state index in [9.17, 15) is 39.5 Å². The van der Waals surface area contributed by atoms with Crippen molar-refractivity contribution < 1.29 is 39.5 Å². The zero-order valence-corrected chi connectivity index (χ0v) is 10.6. The number of pyridine rings is 1. The fraction of sp³-hybridized carbons (Fsp3) is 0.333. The van der Waals surface area contributed by atoms with Gasteiger partial charge in [0.2, 0.25) is 0 Å². The minimum Gasteiger partial charge on any atom is -0.239 e. The molecule has 1 nitrogen and oxygen atoms in total. The molecule has 1 aromatic rings. The number of hydrogen-bond acceptors (Lipinski definition) is 1. The number of allylic oxidation sites excluding steroid dienone is 1. The van der Waals surface area contributed by atoms with E-state index < -0.39 is 41.1 Å². The lowest BCUT2D eigenvalue weighted by Gasteiger charge is -2.15. The van der Waals surface area contributed by atoms with Crippen molar-refractivity contribution in [3.05, 3.63) is 40.9 Å². The summed E-state index contributed by atoms with van der Waals surface area (Å²) >= 11 is 0. The molecule has 1 heterocycles. The van der Waals surface area contributed by atoms with Crippen LogP contribution in [0.2, 0.25) is 0 Å². The molecule has 0 saturated heterocycles. The van der Waals surface area contributed by atoms with Gasteiger partial charge in [0.1, 0.15) is 17.0 Å². The third-order valence-corrected chi connectivity index (χ3v) is 2.27. The van der Waals surface area contributed by atoms with Crippen molar-refractivity contribution in [1.29, 1.82) is 0 Å². The molecule has 0 atom stereocenters. The molecule has 10 heteroatoms. The molecule has 0 fully saturated rings. The maximum absolute atomic E-state index is 12.7. The van der Waals surface area contributed by atoms with Crippen molar-refractivity contribution in [2.75, 3.05) is 0 Å². The van der Waals surface area contributed by atoms with E-state index in [2.05, 4.69) is 4.98 Å². The van der Waals surface area contributed by atoms with Crippen LogP contribution >= 0.6 is 0 Å². The molecule has 0 radical (unpaired) electrons. The Morgan fingerprint density at radius 3 is 1.59 bits per heavy atom. The summed E-state index contributed by atoms with van der Waals surface area (Å²) in [7, 11) is 0. The van der Waals surface area contributed by atoms with E-state index in [0.29, 0.717) is 0 Å². The van der Waals surface area contributed by atoms with E-state index in [1.165, 1.54) is 0 Å². The Kier molecular flexibility index (Phi) is 4.67. The Morgan fingerprint density at radius 1 is 0.909 bits per heavy atom. The second-order valence-corrected chi connectivity index (χ2v) is 3.93. The van der Waals surface area contributed by atoms with Crippen LogP contribution in [0.1, 0.15) is 23.9 Å². The largest absolute Gasteiger partial charge is 0.433 e. The second-order valence-electron chi connectivity index (χ2n) is 3.93. The fourth-order valence-electron chi connectivity index (χ4n) is 1.44. The molecule has 0 bridgehead atoms. The summed E-state index contributed by atoms with van der Waals surface area (Å²) in [6.07, 6.45) is -15.1. The smallest absolute Gasteiger partial charge is 0.239 e. The molecule has 0 unspecified atom stereocenters. The van der Waals surface area contributed by atoms with Gasteiger partial charge in [-0.25, -0.2) is 4.98 Å². The first kappa shape index (κ1) is 18.1. The Bertz CT molecular complexity index is 581. The van der Waals surface area contributed by atoms with Crippen LogP contribution in [0.4, 0.5) is 39.5 Å². The lowest BCUT2D eigenvalue weighted by Crippen LogP contribution is -2.18. The van der Waals surface area contributed by atoms with E-state index in [1.54, 1.807) is 5.73 Å². The molecule has 1 rings (SSSR count). The standard InChI is InChI=1S/C12H6F9N/c1-2-3-7(10(13,14)15)6-4-8(11(16,17)18)22-9(5-6)12(19,20)21/h2,4-5H,1H3. The third kappa shape index (κ3) is 4.27. The Labute approximate surface area is 117 Å². The van der Waals surface area contributed by atoms with Gasteiger partial charge in [-0.05, 0) is 30.7 Å². The van der Waals surface area contributed by atoms with Gasteiger partial charge in [-0.15, -0.1) is 5.73 Å². The van der Waals surface area contributed by atoms with E-state index in [0.717, 1.165) is 13.0 Å². The van der Waals surface area contributed by atoms with Crippen LogP contribution in [0.15, 0.2) is 23.9 Å². The first-order valence-electron chi connectivity index (χ1n) is 5.42. The van der Waals surface area contributed by atoms with Gasteiger partial charge < -0.3 is 0 Å². The van der Waals surface area contributed by atoms with E-state index in [-0.39, 0.29) is 12.1 Å². The van der Waals surface area contributed by atoms with Crippen molar-refractivity contribution in [3.8, 4) is 0 Å². The van der Waals surface area contributed by atoms with Crippen LogP contribution in [-0.4, -0.2) is 11.2 Å². The summed E-state index contributed by atoms with van der Waals surface area (Å²) in [5, 5.41) is 0. The Balaban J connectivity index is 3.72. The zero-order chi connectivity index (χ0) is 17.3. The minimum absolute atomic E-state index is 0.103. The number of aromatic nitrogens is 1. The third-order valence-electron chi connectivity index (χ3n) is 2.27. The quantitative estimate of drug-likeness (QED) is 0.505. The molecule has 0 saturated carbocycles. The van der Waals surface area contributed by atoms with Crippen molar-refractivity contribution in [2.24, 2.45) is 0 Å². The molecule has 0 aliphatic carbocycles. The van der Waals surface area contributed by atoms with Gasteiger partial charge in [-0.1, -0.05) is 0 Å². The predicted octanol–water partition coefficient (Wildman–Crippen LogP) is 5.24. The number of alkyl halides is 9. The first-order chi connectivity index (χ1) is 9.76. The molecule has 0 N–H and O–H groups in total. The number of halogens is 9. The molecule has 1 aromatic heterocycles. The maximum atomic E-state index is 12.7. The van der Waals surface area contributed by atoms with Gasteiger partial charge in [0.25, 0.3) is 0 Å². The van der Waals surface area contributed by atoms with E-state index >= 15 is 0 Å². The van der Waals surface area contributed by atoms with Gasteiger partial charge in [0.15, 0.2) is 0 Å². The summed E-state index contributed by atoms with van der Waals surface area (Å²) < 4.78 is 113. The SMILES string of the molecule is CC=C=C(c1cc(C(F)(F)F)nc(C(F)(F)F)c1)C(F)(F)F. The van der Waals surface area contributed by atoms with Crippen LogP contribution in [0.3, 0.4) is 0 Å². The average molecular weight is 335 g/mol. The van der Waals surface area contributed by atoms with Crippen LogP contribution in [0.25, 0.3) is 5.57 Å². The molecule has 0 aliphatic heterocycles. The second kappa shape index (κ2) is 5.68. The van der Waals surface area contributed by atoms with Gasteiger partial charge >= 0.3 is 18.5 Å². The number of hydrogen-bond donors (Lipinski definition) is 0. The van der Waals surface area contributed by atoms with Gasteiger partial charge in [0.05, 0.1) is 0 Å². The van der Waals surface area contributed by atoms with Crippen molar-refractivity contribution in [2.45, 2.75) is 25.5 Å². The summed E-state index contributed by atoms with van der Waals surface area (Å²) in [4.78, 5) is 2.33. The molecule has 22 heavy (non-hydrogen) atoms. The first-order valence-corrected chi connectivity index (χ1v) is 5.42. The van der Waals surface area contributed by atoms with Gasteiger partial charge in [-0.2, -0.15) is 39.5 Å². The summed E-state index contributed by atoms with van der Waals surface area (Å²) in [6.45, 7) is 1.09. The highest BCUT2D eigenvalue weighted by Crippen LogP contribution is 2.39. The van der Waals surface area contributed by atoms with Crippen LogP contribution in [-0.2, 0) is 12.4 Å². The Morgan fingerprint density at radius 2 is 1.32 bits per heavy atom. The molecule has 122 valence electrons. The molecular formula is C12H6F9N. The molecule has 0 aromatic carbocycles. The van der Waals surface area contributed by atoms with Crippen molar-refractivity contribution >= 4 is 5.57 Å². The van der Waals surface area contributed by atoms with Crippen LogP contribution in [0.5, 0.6) is 0 Å². The zero-order valence-electron chi connectivity index (χ0n) is 10.6. The monoisotopic (exact) mass is 335 g/mol.